The Kier molecular flexibility index (Phi) is 5.81. The minimum atomic E-state index is -0.203. The molecule has 2 aromatic carbocycles. The van der Waals surface area contributed by atoms with E-state index in [2.05, 4.69) is 10.2 Å². The van der Waals surface area contributed by atoms with Gasteiger partial charge in [-0.3, -0.25) is 4.79 Å². The highest BCUT2D eigenvalue weighted by atomic mass is 16.5. The molecule has 0 amide bonds. The third kappa shape index (κ3) is 4.37. The van der Waals surface area contributed by atoms with Crippen LogP contribution in [0, 0.1) is 6.92 Å². The van der Waals surface area contributed by atoms with E-state index in [1.807, 2.05) is 55.5 Å². The lowest BCUT2D eigenvalue weighted by atomic mass is 10.0. The molecule has 0 unspecified atom stereocenters. The van der Waals surface area contributed by atoms with E-state index in [9.17, 15) is 4.79 Å². The largest absolute Gasteiger partial charge is 0.489 e. The third-order valence-electron chi connectivity index (χ3n) is 4.15. The monoisotopic (exact) mass is 350 g/mol. The molecule has 3 rings (SSSR count). The fraction of sp³-hybridized carbons (Fsp3) is 0.238. The van der Waals surface area contributed by atoms with Crippen LogP contribution in [0.4, 0.5) is 0 Å². The number of aromatic nitrogens is 2. The predicted molar refractivity (Wildman–Crippen MR) is 101 cm³/mol. The zero-order chi connectivity index (χ0) is 18.4. The number of aromatic amines is 1. The number of methoxy groups -OCH3 is 1. The van der Waals surface area contributed by atoms with E-state index in [0.717, 1.165) is 29.0 Å². The lowest BCUT2D eigenvalue weighted by molar-refractivity contribution is 0.202. The van der Waals surface area contributed by atoms with Crippen LogP contribution in [0.5, 0.6) is 5.75 Å². The Morgan fingerprint density at radius 3 is 2.58 bits per heavy atom. The Balaban J connectivity index is 1.77. The number of ether oxygens (including phenoxy) is 2. The van der Waals surface area contributed by atoms with Gasteiger partial charge in [0.2, 0.25) is 0 Å². The van der Waals surface area contributed by atoms with Gasteiger partial charge in [-0.25, -0.2) is 5.10 Å². The highest BCUT2D eigenvalue weighted by Gasteiger charge is 2.10. The summed E-state index contributed by atoms with van der Waals surface area (Å²) in [5.41, 5.74) is 4.18. The maximum Gasteiger partial charge on any atom is 0.272 e. The Bertz CT molecular complexity index is 917. The molecule has 1 N–H and O–H groups in total. The van der Waals surface area contributed by atoms with Crippen molar-refractivity contribution in [3.63, 3.8) is 0 Å². The number of nitrogens with one attached hydrogen (secondary N) is 1. The molecule has 0 spiro atoms. The summed E-state index contributed by atoms with van der Waals surface area (Å²) in [6.07, 6.45) is 0.879. The molecule has 134 valence electrons. The normalized spacial score (nSPS) is 10.7. The van der Waals surface area contributed by atoms with Crippen LogP contribution in [0.15, 0.2) is 59.4 Å². The molecule has 0 aliphatic heterocycles. The molecule has 0 atom stereocenters. The summed E-state index contributed by atoms with van der Waals surface area (Å²) in [6, 6.07) is 17.5. The molecule has 0 fully saturated rings. The smallest absolute Gasteiger partial charge is 0.272 e. The molecule has 0 aliphatic rings. The van der Waals surface area contributed by atoms with Gasteiger partial charge in [-0.05, 0) is 48.2 Å². The summed E-state index contributed by atoms with van der Waals surface area (Å²) in [5, 5.41) is 6.47. The molecule has 5 heteroatoms. The van der Waals surface area contributed by atoms with Crippen LogP contribution < -0.4 is 10.3 Å². The van der Waals surface area contributed by atoms with Gasteiger partial charge in [0.25, 0.3) is 5.56 Å². The highest BCUT2D eigenvalue weighted by Crippen LogP contribution is 2.23. The Hall–Kier alpha value is -2.92. The zero-order valence-electron chi connectivity index (χ0n) is 15.0. The first-order valence-electron chi connectivity index (χ1n) is 8.52. The lowest BCUT2D eigenvalue weighted by Crippen LogP contribution is -2.12. The van der Waals surface area contributed by atoms with E-state index >= 15 is 0 Å². The van der Waals surface area contributed by atoms with Gasteiger partial charge in [0.05, 0.1) is 17.9 Å². The average Bonchev–Trinajstić information content (AvgIpc) is 2.68. The Morgan fingerprint density at radius 1 is 1.04 bits per heavy atom. The topological polar surface area (TPSA) is 64.2 Å². The van der Waals surface area contributed by atoms with Gasteiger partial charge in [0.15, 0.2) is 0 Å². The van der Waals surface area contributed by atoms with E-state index in [4.69, 9.17) is 9.47 Å². The number of H-pyrrole nitrogens is 1. The molecule has 0 saturated heterocycles. The van der Waals surface area contributed by atoms with E-state index < -0.39 is 0 Å². The van der Waals surface area contributed by atoms with Crippen molar-refractivity contribution in [2.75, 3.05) is 13.7 Å². The minimum Gasteiger partial charge on any atom is -0.489 e. The fourth-order valence-electron chi connectivity index (χ4n) is 2.75. The van der Waals surface area contributed by atoms with Crippen LogP contribution >= 0.6 is 0 Å². The Morgan fingerprint density at radius 2 is 1.81 bits per heavy atom. The first kappa shape index (κ1) is 17.9. The van der Waals surface area contributed by atoms with Crippen molar-refractivity contribution < 1.29 is 9.47 Å². The zero-order valence-corrected chi connectivity index (χ0v) is 15.0. The van der Waals surface area contributed by atoms with Crippen LogP contribution in [-0.4, -0.2) is 23.9 Å². The molecule has 1 aromatic heterocycles. The summed E-state index contributed by atoms with van der Waals surface area (Å²) < 4.78 is 11.0. The predicted octanol–water partition coefficient (Wildman–Crippen LogP) is 3.51. The SMILES string of the molecule is COCCc1ccc(OCc2ccccc2-c2cc(C)n[nH]c2=O)cc1. The van der Waals surface area contributed by atoms with Gasteiger partial charge in [0.1, 0.15) is 12.4 Å². The summed E-state index contributed by atoms with van der Waals surface area (Å²) in [5.74, 6) is 0.792. The first-order valence-corrected chi connectivity index (χ1v) is 8.52. The molecule has 5 nitrogen and oxygen atoms in total. The Labute approximate surface area is 152 Å². The van der Waals surface area contributed by atoms with E-state index in [1.165, 1.54) is 5.56 Å². The van der Waals surface area contributed by atoms with E-state index in [1.54, 1.807) is 13.2 Å². The molecule has 3 aromatic rings. The quantitative estimate of drug-likeness (QED) is 0.708. The average molecular weight is 350 g/mol. The van der Waals surface area contributed by atoms with E-state index in [-0.39, 0.29) is 5.56 Å². The van der Waals surface area contributed by atoms with Crippen LogP contribution in [0.3, 0.4) is 0 Å². The second-order valence-corrected chi connectivity index (χ2v) is 6.08. The highest BCUT2D eigenvalue weighted by molar-refractivity contribution is 5.66. The maximum absolute atomic E-state index is 12.2. The van der Waals surface area contributed by atoms with Crippen molar-refractivity contribution in [2.45, 2.75) is 20.0 Å². The van der Waals surface area contributed by atoms with Crippen molar-refractivity contribution in [2.24, 2.45) is 0 Å². The molecule has 26 heavy (non-hydrogen) atoms. The van der Waals surface area contributed by atoms with Gasteiger partial charge >= 0.3 is 0 Å². The van der Waals surface area contributed by atoms with Gasteiger partial charge in [-0.1, -0.05) is 36.4 Å². The van der Waals surface area contributed by atoms with Crippen LogP contribution in [0.2, 0.25) is 0 Å². The number of rotatable bonds is 7. The molecule has 0 saturated carbocycles. The number of hydrogen-bond acceptors (Lipinski definition) is 4. The minimum absolute atomic E-state index is 0.203. The number of benzene rings is 2. The van der Waals surface area contributed by atoms with Crippen molar-refractivity contribution in [3.8, 4) is 16.9 Å². The van der Waals surface area contributed by atoms with E-state index in [0.29, 0.717) is 18.8 Å². The molecular weight excluding hydrogens is 328 g/mol. The summed E-state index contributed by atoms with van der Waals surface area (Å²) >= 11 is 0. The number of nitrogens with zero attached hydrogens (tertiary/aromatic N) is 1. The maximum atomic E-state index is 12.2. The lowest BCUT2D eigenvalue weighted by Gasteiger charge is -2.11. The van der Waals surface area contributed by atoms with Crippen molar-refractivity contribution in [1.29, 1.82) is 0 Å². The van der Waals surface area contributed by atoms with Crippen molar-refractivity contribution >= 4 is 0 Å². The summed E-state index contributed by atoms with van der Waals surface area (Å²) in [7, 11) is 1.70. The van der Waals surface area contributed by atoms with Crippen LogP contribution in [0.1, 0.15) is 16.8 Å². The molecular formula is C21H22N2O3. The fourth-order valence-corrected chi connectivity index (χ4v) is 2.75. The first-order chi connectivity index (χ1) is 12.7. The van der Waals surface area contributed by atoms with Gasteiger partial charge in [-0.2, -0.15) is 5.10 Å². The van der Waals surface area contributed by atoms with Crippen molar-refractivity contribution in [1.82, 2.24) is 10.2 Å². The number of hydrogen-bond donors (Lipinski definition) is 1. The van der Waals surface area contributed by atoms with Gasteiger partial charge in [-0.15, -0.1) is 0 Å². The molecule has 1 heterocycles. The second kappa shape index (κ2) is 8.45. The molecule has 0 radical (unpaired) electrons. The summed E-state index contributed by atoms with van der Waals surface area (Å²) in [4.78, 5) is 12.2. The van der Waals surface area contributed by atoms with Crippen LogP contribution in [0.25, 0.3) is 11.1 Å². The van der Waals surface area contributed by atoms with Gasteiger partial charge < -0.3 is 9.47 Å². The summed E-state index contributed by atoms with van der Waals surface area (Å²) in [6.45, 7) is 2.94. The molecule has 0 aliphatic carbocycles. The van der Waals surface area contributed by atoms with Crippen molar-refractivity contribution in [3.05, 3.63) is 81.8 Å². The van der Waals surface area contributed by atoms with Gasteiger partial charge in [0, 0.05) is 7.11 Å². The number of aryl methyl sites for hydroxylation is 1. The second-order valence-electron chi connectivity index (χ2n) is 6.08. The molecule has 0 bridgehead atoms. The standard InChI is InChI=1S/C21H22N2O3/c1-15-13-20(21(24)23-22-15)19-6-4-3-5-17(19)14-26-18-9-7-16(8-10-18)11-12-25-2/h3-10,13H,11-12,14H2,1-2H3,(H,23,24). The van der Waals surface area contributed by atoms with Crippen LogP contribution in [-0.2, 0) is 17.8 Å². The third-order valence-corrected chi connectivity index (χ3v) is 4.15.